The van der Waals surface area contributed by atoms with E-state index in [1.807, 2.05) is 4.90 Å². The zero-order valence-electron chi connectivity index (χ0n) is 74.6. The number of aromatic amines is 1. The van der Waals surface area contributed by atoms with E-state index in [0.29, 0.717) is 185 Å². The van der Waals surface area contributed by atoms with Gasteiger partial charge in [0.05, 0.1) is 198 Å². The van der Waals surface area contributed by atoms with Crippen LogP contribution in [0.1, 0.15) is 42.9 Å². The second kappa shape index (κ2) is 67.9. The molecule has 0 saturated carbocycles. The van der Waals surface area contributed by atoms with Crippen molar-refractivity contribution in [1.29, 1.82) is 0 Å². The van der Waals surface area contributed by atoms with Crippen molar-refractivity contribution in [1.82, 2.24) is 67.1 Å². The number of aromatic hydroxyl groups is 1. The normalized spacial score (nSPS) is 14.5. The smallest absolute Gasteiger partial charge is 0.317 e. The number of H-pyrrole nitrogens is 1. The van der Waals surface area contributed by atoms with Crippen molar-refractivity contribution < 1.29 is 145 Å². The number of primary amides is 1. The number of nitrogens with zero attached hydrogens (tertiary/aromatic N) is 4. The van der Waals surface area contributed by atoms with E-state index in [4.69, 9.17) is 62.6 Å². The largest absolute Gasteiger partial charge is 0.508 e. The molecule has 1 saturated heterocycles. The van der Waals surface area contributed by atoms with Crippen LogP contribution in [-0.2, 0) is 138 Å². The molecule has 2 heterocycles. The molecule has 1 aliphatic rings. The average molecular weight is 1870 g/mol. The van der Waals surface area contributed by atoms with Gasteiger partial charge in [-0.2, -0.15) is 11.8 Å². The summed E-state index contributed by atoms with van der Waals surface area (Å²) in [6.45, 7) is 10.5. The number of hydrogen-bond donors (Lipinski definition) is 15. The molecular weight excluding hydrogens is 1740 g/mol. The van der Waals surface area contributed by atoms with Crippen LogP contribution in [-0.4, -0.2) is 426 Å². The first-order valence-electron chi connectivity index (χ1n) is 43.4. The minimum atomic E-state index is -1.73. The van der Waals surface area contributed by atoms with Gasteiger partial charge in [-0.25, -0.2) is 0 Å². The number of nitrogens with two attached hydrogens (primary N) is 1. The monoisotopic (exact) mass is 1870 g/mol. The number of amides is 9. The zero-order valence-corrected chi connectivity index (χ0v) is 75.4. The van der Waals surface area contributed by atoms with Crippen molar-refractivity contribution in [3.63, 3.8) is 0 Å². The number of phenolic OH excluding ortho intramolecular Hbond substituents is 1. The van der Waals surface area contributed by atoms with Crippen LogP contribution in [0.15, 0.2) is 85.1 Å². The summed E-state index contributed by atoms with van der Waals surface area (Å²) in [5, 5.41) is 69.5. The third-order valence-electron chi connectivity index (χ3n) is 19.7. The molecule has 1 fully saturated rings. The van der Waals surface area contributed by atoms with Gasteiger partial charge in [0.1, 0.15) is 42.0 Å². The summed E-state index contributed by atoms with van der Waals surface area (Å²) in [5.41, 5.74) is 8.05. The Bertz CT molecular complexity index is 3980. The van der Waals surface area contributed by atoms with Crippen molar-refractivity contribution in [3.05, 3.63) is 102 Å². The van der Waals surface area contributed by atoms with Crippen LogP contribution in [0.3, 0.4) is 0 Å². The van der Waals surface area contributed by atoms with Crippen molar-refractivity contribution in [2.75, 3.05) is 262 Å². The third kappa shape index (κ3) is 52.0. The molecule has 0 aliphatic carbocycles. The highest BCUT2D eigenvalue weighted by atomic mass is 32.2. The summed E-state index contributed by atoms with van der Waals surface area (Å²) < 4.78 is 66.6. The van der Waals surface area contributed by atoms with Crippen LogP contribution in [0.25, 0.3) is 10.9 Å². The summed E-state index contributed by atoms with van der Waals surface area (Å²) >= 11 is 1.32. The molecule has 3 aromatic carbocycles. The molecule has 732 valence electrons. The number of carbonyl (C=O) groups excluding carboxylic acids is 9. The molecular formula is C86H132N14O30S. The molecule has 0 unspecified atom stereocenters. The van der Waals surface area contributed by atoms with Gasteiger partial charge in [0.15, 0.2) is 0 Å². The minimum Gasteiger partial charge on any atom is -0.508 e. The molecule has 9 amide bonds. The Balaban J connectivity index is 0.838. The van der Waals surface area contributed by atoms with E-state index in [2.05, 4.69) is 47.5 Å². The molecule has 16 N–H and O–H groups in total. The molecule has 4 aromatic rings. The number of ether oxygens (including phenoxy) is 12. The van der Waals surface area contributed by atoms with Crippen molar-refractivity contribution >= 4 is 99.7 Å². The first kappa shape index (κ1) is 111. The first-order valence-corrected chi connectivity index (χ1v) is 44.8. The van der Waals surface area contributed by atoms with Crippen LogP contribution in [0, 0.1) is 0 Å². The molecule has 1 aliphatic heterocycles. The lowest BCUT2D eigenvalue weighted by molar-refractivity contribution is -0.141. The van der Waals surface area contributed by atoms with Crippen molar-refractivity contribution in [3.8, 4) is 5.75 Å². The lowest BCUT2D eigenvalue weighted by Crippen LogP contribution is -2.59. The van der Waals surface area contributed by atoms with Gasteiger partial charge in [-0.3, -0.25) is 81.9 Å². The van der Waals surface area contributed by atoms with Gasteiger partial charge in [0.25, 0.3) is 0 Å². The Morgan fingerprint density at radius 1 is 0.389 bits per heavy atom. The lowest BCUT2D eigenvalue weighted by atomic mass is 10.0. The number of aliphatic carboxylic acids is 4. The highest BCUT2D eigenvalue weighted by Gasteiger charge is 2.34. The number of carboxylic acids is 4. The average Bonchev–Trinajstić information content (AvgIpc) is 1.69. The maximum atomic E-state index is 14.5. The summed E-state index contributed by atoms with van der Waals surface area (Å²) in [4.78, 5) is 179. The number of nitrogens with one attached hydrogen (secondary N) is 9. The first-order chi connectivity index (χ1) is 63.2. The number of aromatic nitrogens is 1. The number of carboxylic acid groups (broad SMARTS) is 4. The summed E-state index contributed by atoms with van der Waals surface area (Å²) in [6.07, 6.45) is 2.03. The number of carbonyl (C=O) groups is 13. The van der Waals surface area contributed by atoms with Crippen LogP contribution in [0.5, 0.6) is 5.75 Å². The maximum absolute atomic E-state index is 14.5. The van der Waals surface area contributed by atoms with Gasteiger partial charge in [0.2, 0.25) is 53.2 Å². The van der Waals surface area contributed by atoms with E-state index in [0.717, 1.165) is 0 Å². The molecule has 0 spiro atoms. The lowest BCUT2D eigenvalue weighted by Gasteiger charge is -2.32. The van der Waals surface area contributed by atoms with Gasteiger partial charge in [-0.05, 0) is 60.2 Å². The molecule has 6 atom stereocenters. The third-order valence-corrected chi connectivity index (χ3v) is 20.3. The Kier molecular flexibility index (Phi) is 57.7. The topological polar surface area (TPSA) is 585 Å². The predicted molar refractivity (Wildman–Crippen MR) is 475 cm³/mol. The number of rotatable bonds is 72. The van der Waals surface area contributed by atoms with E-state index in [-0.39, 0.29) is 136 Å². The molecule has 5 rings (SSSR count). The maximum Gasteiger partial charge on any atom is 0.317 e. The van der Waals surface area contributed by atoms with Gasteiger partial charge < -0.3 is 136 Å². The Morgan fingerprint density at radius 2 is 0.771 bits per heavy atom. The number of para-hydroxylation sites is 1. The van der Waals surface area contributed by atoms with Gasteiger partial charge in [0, 0.05) is 102 Å². The number of fused-ring (bicyclic) bond motifs is 1. The fraction of sp³-hybridized carbons (Fsp3) is 0.616. The highest BCUT2D eigenvalue weighted by molar-refractivity contribution is 7.98. The summed E-state index contributed by atoms with van der Waals surface area (Å²) in [6, 6.07) is 13.2. The number of benzene rings is 3. The molecule has 131 heavy (non-hydrogen) atoms. The van der Waals surface area contributed by atoms with Gasteiger partial charge >= 0.3 is 23.9 Å². The Labute approximate surface area is 765 Å². The van der Waals surface area contributed by atoms with Crippen LogP contribution < -0.4 is 48.3 Å². The zero-order chi connectivity index (χ0) is 95.0. The second-order valence-corrected chi connectivity index (χ2v) is 31.0. The number of hydrogen-bond acceptors (Lipinski definition) is 31. The van der Waals surface area contributed by atoms with Crippen LogP contribution in [0.2, 0.25) is 0 Å². The SMILES string of the molecule is CSCC[C@H](NC(=O)[C@H](Cc1c[nH]c2ccccc12)NC(=O)CNC(=O)[C@H](Cc1ccc(O)cc1)NC(=O)[C@H](C)NC(=O)CCOCCOCCOCCOCCOCCOCCOCCOCCOCCOCCOCCOCCNC(=O)CN1CCN(CC(=O)O)CCN(CC(=O)O)CCN(CC(=O)O)CC1)C(=O)N[C@@H](CC(=O)O)C(=O)N[C@@H](Cc1ccccc1)C(N)=O. The summed E-state index contributed by atoms with van der Waals surface area (Å²) in [7, 11) is 0. The quantitative estimate of drug-likeness (QED) is 0.0194. The second-order valence-electron chi connectivity index (χ2n) is 30.0. The van der Waals surface area contributed by atoms with Crippen molar-refractivity contribution in [2.45, 2.75) is 81.7 Å². The van der Waals surface area contributed by atoms with E-state index in [1.165, 1.54) is 43.0 Å². The van der Waals surface area contributed by atoms with Crippen LogP contribution in [0.4, 0.5) is 0 Å². The minimum absolute atomic E-state index is 0.00182. The Hall–Kier alpha value is -10.2. The molecule has 1 aromatic heterocycles. The fourth-order valence-corrected chi connectivity index (χ4v) is 13.3. The number of phenols is 1. The molecule has 44 nitrogen and oxygen atoms in total. The highest BCUT2D eigenvalue weighted by Crippen LogP contribution is 2.20. The van der Waals surface area contributed by atoms with Gasteiger partial charge in [-0.1, -0.05) is 60.7 Å². The van der Waals surface area contributed by atoms with E-state index < -0.39 is 120 Å². The van der Waals surface area contributed by atoms with E-state index in [1.54, 1.807) is 81.7 Å². The predicted octanol–water partition coefficient (Wildman–Crippen LogP) is -3.16. The standard InChI is InChI=1S/C86H132N14O30S/c1-62(82(114)95-71(53-64-12-14-66(101)15-13-64)83(115)90-57-75(103)92-72(54-65-56-89-68-11-7-6-10-67(65)68)85(117)93-69(17-51-131-2)84(116)96-73(55-77(105)106)86(118)94-70(81(87)113)52-63-8-4-3-5-9-63)91-74(102)16-27-119-29-31-121-33-35-123-37-39-125-41-43-127-45-47-129-49-50-130-48-46-128-44-42-126-40-38-124-36-34-122-32-30-120-28-18-88-76(104)58-97-19-21-98(59-78(107)108)23-25-100(61-80(111)112)26-24-99(22-20-97)60-79(109)110/h3-15,56,62,69-73,89,101H,16-55,57-61H2,1-2H3,(H2,87,113)(H,88,104)(H,90,115)(H,91,102)(H,92,103)(H,93,117)(H,94,118)(H,95,114)(H,96,116)(H,105,106)(H,107,108)(H,109,110)(H,111,112)/t62-,69-,70-,71-,72-,73-/m0/s1. The van der Waals surface area contributed by atoms with E-state index >= 15 is 0 Å². The molecule has 0 radical (unpaired) electrons. The van der Waals surface area contributed by atoms with E-state index in [9.17, 15) is 87.9 Å². The fourth-order valence-electron chi connectivity index (χ4n) is 12.8. The van der Waals surface area contributed by atoms with Gasteiger partial charge in [-0.15, -0.1) is 0 Å². The van der Waals surface area contributed by atoms with Crippen LogP contribution >= 0.6 is 11.8 Å². The molecule has 0 bridgehead atoms. The Morgan fingerprint density at radius 3 is 1.22 bits per heavy atom. The number of thioether (sulfide) groups is 1. The van der Waals surface area contributed by atoms with Crippen molar-refractivity contribution in [2.24, 2.45) is 5.73 Å². The summed E-state index contributed by atoms with van der Waals surface area (Å²) in [5.74, 6) is -11.3. The molecule has 45 heteroatoms.